The lowest BCUT2D eigenvalue weighted by Gasteiger charge is -2.29. The van der Waals surface area contributed by atoms with Crippen LogP contribution in [0.4, 0.5) is 4.79 Å². The first-order chi connectivity index (χ1) is 9.42. The molecule has 0 spiro atoms. The molecule has 1 aliphatic carbocycles. The van der Waals surface area contributed by atoms with E-state index >= 15 is 0 Å². The van der Waals surface area contributed by atoms with Gasteiger partial charge in [-0.3, -0.25) is 4.99 Å². The Bertz CT molecular complexity index is 335. The zero-order chi connectivity index (χ0) is 15.1. The molecule has 1 fully saturated rings. The summed E-state index contributed by atoms with van der Waals surface area (Å²) < 4.78 is 5.12. The fourth-order valence-corrected chi connectivity index (χ4v) is 3.36. The quantitative estimate of drug-likeness (QED) is 0.634. The van der Waals surface area contributed by atoms with Crippen LogP contribution < -0.4 is 5.32 Å². The number of hydrogen-bond acceptors (Lipinski definition) is 4. The van der Waals surface area contributed by atoms with Gasteiger partial charge in [0, 0.05) is 18.0 Å². The summed E-state index contributed by atoms with van der Waals surface area (Å²) in [4.78, 5) is 16.3. The third-order valence-corrected chi connectivity index (χ3v) is 4.19. The lowest BCUT2D eigenvalue weighted by atomic mass is 9.86. The second kappa shape index (κ2) is 8.55. The van der Waals surface area contributed by atoms with Crippen LogP contribution in [0.3, 0.4) is 0 Å². The van der Waals surface area contributed by atoms with Gasteiger partial charge in [-0.15, -0.1) is 11.8 Å². The van der Waals surface area contributed by atoms with Gasteiger partial charge in [0.25, 0.3) is 0 Å². The summed E-state index contributed by atoms with van der Waals surface area (Å²) in [5, 5.41) is 4.23. The van der Waals surface area contributed by atoms with E-state index in [0.29, 0.717) is 12.0 Å². The Morgan fingerprint density at radius 2 is 1.80 bits per heavy atom. The second-order valence-electron chi connectivity index (χ2n) is 5.91. The molecule has 5 heteroatoms. The Kier molecular flexibility index (Phi) is 7.41. The highest BCUT2D eigenvalue weighted by molar-refractivity contribution is 8.13. The molecule has 20 heavy (non-hydrogen) atoms. The van der Waals surface area contributed by atoms with E-state index in [1.54, 1.807) is 11.8 Å². The lowest BCUT2D eigenvalue weighted by Crippen LogP contribution is -2.39. The van der Waals surface area contributed by atoms with Crippen LogP contribution in [0.5, 0.6) is 0 Å². The molecule has 1 saturated carbocycles. The number of nitrogens with zero attached hydrogens (tertiary/aromatic N) is 1. The average Bonchev–Trinajstić information content (AvgIpc) is 2.35. The van der Waals surface area contributed by atoms with Crippen molar-refractivity contribution in [3.05, 3.63) is 0 Å². The van der Waals surface area contributed by atoms with Gasteiger partial charge in [0.05, 0.1) is 11.1 Å². The smallest absolute Gasteiger partial charge is 0.407 e. The van der Waals surface area contributed by atoms with E-state index in [1.165, 1.54) is 5.04 Å². The van der Waals surface area contributed by atoms with Crippen LogP contribution in [0.1, 0.15) is 53.4 Å². The fraction of sp³-hybridized carbons (Fsp3) is 0.867. The van der Waals surface area contributed by atoms with E-state index in [0.717, 1.165) is 25.7 Å². The van der Waals surface area contributed by atoms with Crippen LogP contribution in [0.25, 0.3) is 0 Å². The molecule has 0 saturated heterocycles. The Hall–Kier alpha value is -0.710. The predicted molar refractivity (Wildman–Crippen MR) is 86.6 cm³/mol. The van der Waals surface area contributed by atoms with Gasteiger partial charge in [-0.2, -0.15) is 0 Å². The van der Waals surface area contributed by atoms with Crippen LogP contribution in [-0.2, 0) is 4.74 Å². The van der Waals surface area contributed by atoms with Crippen LogP contribution in [0.2, 0.25) is 0 Å². The molecule has 1 N–H and O–H groups in total. The number of hydrogen-bond donors (Lipinski definition) is 1. The molecular weight excluding hydrogens is 272 g/mol. The van der Waals surface area contributed by atoms with Crippen molar-refractivity contribution < 1.29 is 9.53 Å². The highest BCUT2D eigenvalue weighted by Crippen LogP contribution is 2.29. The summed E-state index contributed by atoms with van der Waals surface area (Å²) in [6.07, 6.45) is 5.96. The molecule has 0 bridgehead atoms. The molecule has 0 atom stereocenters. The maximum absolute atomic E-state index is 11.6. The zero-order valence-electron chi connectivity index (χ0n) is 13.3. The van der Waals surface area contributed by atoms with Gasteiger partial charge in [0.2, 0.25) is 0 Å². The largest absolute Gasteiger partial charge is 0.447 e. The second-order valence-corrected chi connectivity index (χ2v) is 6.74. The number of carbonyl (C=O) groups is 1. The number of alkyl carbamates (subject to hydrolysis) is 1. The zero-order valence-corrected chi connectivity index (χ0v) is 14.1. The standard InChI is InChI=1S/C15H28N2O2S/c1-10(2)16-14(20-5)12-6-8-13(9-7-12)17-15(18)19-11(3)4/h10-13H,6-9H2,1-5H3,(H,17,18)/b16-14-. The van der Waals surface area contributed by atoms with Crippen LogP contribution in [-0.4, -0.2) is 35.6 Å². The Balaban J connectivity index is 2.41. The van der Waals surface area contributed by atoms with Crippen molar-refractivity contribution in [2.75, 3.05) is 6.26 Å². The first-order valence-electron chi connectivity index (χ1n) is 7.51. The molecule has 0 heterocycles. The van der Waals surface area contributed by atoms with E-state index < -0.39 is 0 Å². The summed E-state index contributed by atoms with van der Waals surface area (Å²) in [5.41, 5.74) is 0. The minimum absolute atomic E-state index is 0.0624. The molecule has 1 rings (SSSR count). The van der Waals surface area contributed by atoms with Gasteiger partial charge in [-0.1, -0.05) is 0 Å². The van der Waals surface area contributed by atoms with Crippen molar-refractivity contribution in [2.45, 2.75) is 71.6 Å². The van der Waals surface area contributed by atoms with Gasteiger partial charge in [0.1, 0.15) is 0 Å². The SMILES string of the molecule is CS/C(=N\C(C)C)C1CCC(NC(=O)OC(C)C)CC1. The molecule has 1 amide bonds. The molecule has 0 aliphatic heterocycles. The predicted octanol–water partition coefficient (Wildman–Crippen LogP) is 3.85. The topological polar surface area (TPSA) is 50.7 Å². The molecule has 0 aromatic carbocycles. The van der Waals surface area contributed by atoms with Gasteiger partial charge >= 0.3 is 6.09 Å². The Morgan fingerprint density at radius 3 is 2.25 bits per heavy atom. The molecule has 1 aliphatic rings. The lowest BCUT2D eigenvalue weighted by molar-refractivity contribution is 0.109. The van der Waals surface area contributed by atoms with Crippen molar-refractivity contribution >= 4 is 22.9 Å². The summed E-state index contributed by atoms with van der Waals surface area (Å²) in [6, 6.07) is 0.606. The monoisotopic (exact) mass is 300 g/mol. The summed E-state index contributed by atoms with van der Waals surface area (Å²) in [5.74, 6) is 0.562. The third kappa shape index (κ3) is 6.16. The van der Waals surface area contributed by atoms with Crippen LogP contribution in [0, 0.1) is 5.92 Å². The Morgan fingerprint density at radius 1 is 1.20 bits per heavy atom. The van der Waals surface area contributed by atoms with Crippen LogP contribution >= 0.6 is 11.8 Å². The van der Waals surface area contributed by atoms with Gasteiger partial charge in [-0.05, 0) is 59.6 Å². The molecule has 0 aromatic heterocycles. The molecule has 0 unspecified atom stereocenters. The fourth-order valence-electron chi connectivity index (χ4n) is 2.48. The highest BCUT2D eigenvalue weighted by Gasteiger charge is 2.26. The van der Waals surface area contributed by atoms with E-state index in [4.69, 9.17) is 9.73 Å². The maximum Gasteiger partial charge on any atom is 0.407 e. The maximum atomic E-state index is 11.6. The summed E-state index contributed by atoms with van der Waals surface area (Å²) in [7, 11) is 0. The molecular formula is C15H28N2O2S. The molecule has 116 valence electrons. The number of thioether (sulfide) groups is 1. The minimum Gasteiger partial charge on any atom is -0.447 e. The Labute approximate surface area is 127 Å². The number of amides is 1. The normalized spacial score (nSPS) is 24.1. The first kappa shape index (κ1) is 17.3. The van der Waals surface area contributed by atoms with E-state index in [-0.39, 0.29) is 18.2 Å². The van der Waals surface area contributed by atoms with Crippen molar-refractivity contribution in [2.24, 2.45) is 10.9 Å². The average molecular weight is 300 g/mol. The van der Waals surface area contributed by atoms with E-state index in [9.17, 15) is 4.79 Å². The third-order valence-electron chi connectivity index (χ3n) is 3.34. The van der Waals surface area contributed by atoms with Gasteiger partial charge in [0.15, 0.2) is 0 Å². The van der Waals surface area contributed by atoms with Gasteiger partial charge in [-0.25, -0.2) is 4.79 Å². The first-order valence-corrected chi connectivity index (χ1v) is 8.73. The van der Waals surface area contributed by atoms with Crippen molar-refractivity contribution in [1.82, 2.24) is 5.32 Å². The molecule has 0 aromatic rings. The van der Waals surface area contributed by atoms with E-state index in [2.05, 4.69) is 25.4 Å². The van der Waals surface area contributed by atoms with Crippen molar-refractivity contribution in [1.29, 1.82) is 0 Å². The summed E-state index contributed by atoms with van der Waals surface area (Å²) in [6.45, 7) is 7.96. The van der Waals surface area contributed by atoms with Gasteiger partial charge < -0.3 is 10.1 Å². The minimum atomic E-state index is -0.288. The van der Waals surface area contributed by atoms with Crippen molar-refractivity contribution in [3.63, 3.8) is 0 Å². The molecule has 4 nitrogen and oxygen atoms in total. The number of nitrogens with one attached hydrogen (secondary N) is 1. The van der Waals surface area contributed by atoms with Crippen molar-refractivity contribution in [3.8, 4) is 0 Å². The number of ether oxygens (including phenoxy) is 1. The molecule has 0 radical (unpaired) electrons. The number of carbonyl (C=O) groups excluding carboxylic acids is 1. The highest BCUT2D eigenvalue weighted by atomic mass is 32.2. The number of rotatable bonds is 4. The summed E-state index contributed by atoms with van der Waals surface area (Å²) >= 11 is 1.77. The van der Waals surface area contributed by atoms with Crippen LogP contribution in [0.15, 0.2) is 4.99 Å². The van der Waals surface area contributed by atoms with E-state index in [1.807, 2.05) is 13.8 Å². The number of aliphatic imine (C=N–C) groups is 1.